The molecule has 1 amide bonds. The van der Waals surface area contributed by atoms with Gasteiger partial charge in [-0.3, -0.25) is 4.79 Å². The maximum absolute atomic E-state index is 10.3. The summed E-state index contributed by atoms with van der Waals surface area (Å²) in [6, 6.07) is 0. The van der Waals surface area contributed by atoms with Gasteiger partial charge in [-0.25, -0.2) is 0 Å². The first-order chi connectivity index (χ1) is 6.52. The van der Waals surface area contributed by atoms with Gasteiger partial charge in [0.1, 0.15) is 0 Å². The second kappa shape index (κ2) is 7.84. The molecule has 0 aromatic rings. The van der Waals surface area contributed by atoms with E-state index in [1.54, 1.807) is 0 Å². The molecule has 0 aromatic heterocycles. The van der Waals surface area contributed by atoms with E-state index in [9.17, 15) is 4.79 Å². The highest BCUT2D eigenvalue weighted by molar-refractivity contribution is 5.73. The van der Waals surface area contributed by atoms with Crippen LogP contribution >= 0.6 is 0 Å². The molecule has 14 heavy (non-hydrogen) atoms. The normalized spacial score (nSPS) is 15.7. The summed E-state index contributed by atoms with van der Waals surface area (Å²) in [5, 5.41) is 0. The van der Waals surface area contributed by atoms with E-state index >= 15 is 0 Å². The van der Waals surface area contributed by atoms with Crippen molar-refractivity contribution in [2.75, 3.05) is 0 Å². The fourth-order valence-electron chi connectivity index (χ4n) is 1.35. The Labute approximate surface area is 88.3 Å². The zero-order valence-electron chi connectivity index (χ0n) is 9.88. The molecule has 1 saturated carbocycles. The molecule has 1 fully saturated rings. The lowest BCUT2D eigenvalue weighted by Crippen LogP contribution is -2.14. The molecule has 1 aliphatic carbocycles. The summed E-state index contributed by atoms with van der Waals surface area (Å²) in [6.07, 6.45) is 6.93. The molecular formula is C12H25NO. The molecule has 2 N–H and O–H groups in total. The minimum atomic E-state index is -0.153. The Morgan fingerprint density at radius 1 is 1.36 bits per heavy atom. The molecule has 0 unspecified atom stereocenters. The Bertz CT molecular complexity index is 148. The summed E-state index contributed by atoms with van der Waals surface area (Å²) in [5.74, 6) is 1.60. The number of rotatable bonds is 4. The van der Waals surface area contributed by atoms with Gasteiger partial charge in [-0.05, 0) is 24.7 Å². The topological polar surface area (TPSA) is 43.1 Å². The minimum Gasteiger partial charge on any atom is -0.370 e. The monoisotopic (exact) mass is 199 g/mol. The van der Waals surface area contributed by atoms with Crippen LogP contribution in [0.25, 0.3) is 0 Å². The maximum atomic E-state index is 10.3. The summed E-state index contributed by atoms with van der Waals surface area (Å²) in [4.78, 5) is 10.3. The van der Waals surface area contributed by atoms with Crippen molar-refractivity contribution in [2.24, 2.45) is 17.6 Å². The molecule has 0 heterocycles. The predicted octanol–water partition coefficient (Wildman–Crippen LogP) is 3.10. The van der Waals surface area contributed by atoms with Crippen LogP contribution in [0.2, 0.25) is 0 Å². The third-order valence-corrected chi connectivity index (χ3v) is 2.26. The molecule has 1 aliphatic rings. The van der Waals surface area contributed by atoms with E-state index in [0.717, 1.165) is 18.3 Å². The van der Waals surface area contributed by atoms with Gasteiger partial charge in [-0.2, -0.15) is 0 Å². The number of nitrogens with two attached hydrogens (primary N) is 1. The molecule has 1 rings (SSSR count). The third kappa shape index (κ3) is 9.56. The van der Waals surface area contributed by atoms with E-state index in [0.29, 0.717) is 6.42 Å². The Hall–Kier alpha value is -0.530. The van der Waals surface area contributed by atoms with Gasteiger partial charge in [-0.15, -0.1) is 0 Å². The maximum Gasteiger partial charge on any atom is 0.217 e. The molecule has 84 valence electrons. The Morgan fingerprint density at radius 2 is 1.86 bits per heavy atom. The zero-order valence-corrected chi connectivity index (χ0v) is 9.88. The molecule has 0 bridgehead atoms. The van der Waals surface area contributed by atoms with Gasteiger partial charge in [0.2, 0.25) is 5.91 Å². The first-order valence-electron chi connectivity index (χ1n) is 5.80. The second-order valence-electron chi connectivity index (χ2n) is 4.89. The minimum absolute atomic E-state index is 0.153. The lowest BCUT2D eigenvalue weighted by Gasteiger charge is -2.24. The van der Waals surface area contributed by atoms with Gasteiger partial charge in [0.25, 0.3) is 0 Å². The van der Waals surface area contributed by atoms with Gasteiger partial charge in [0.15, 0.2) is 0 Å². The Balaban J connectivity index is 0.000000364. The molecule has 0 saturated heterocycles. The standard InChI is InChI=1S/C8H15NO.C4H10/c9-8(10)6-2-5-7-3-1-4-7;1-4(2)3/h7H,1-6H2,(H2,9,10);4H,1-3H3. The van der Waals surface area contributed by atoms with E-state index in [1.165, 1.54) is 25.7 Å². The smallest absolute Gasteiger partial charge is 0.217 e. The number of carbonyl (C=O) groups excluding carboxylic acids is 1. The van der Waals surface area contributed by atoms with Crippen molar-refractivity contribution < 1.29 is 4.79 Å². The Kier molecular flexibility index (Phi) is 7.54. The van der Waals surface area contributed by atoms with Crippen molar-refractivity contribution in [2.45, 2.75) is 59.3 Å². The molecule has 0 atom stereocenters. The second-order valence-corrected chi connectivity index (χ2v) is 4.89. The van der Waals surface area contributed by atoms with Crippen molar-refractivity contribution in [1.29, 1.82) is 0 Å². The number of carbonyl (C=O) groups is 1. The molecule has 2 nitrogen and oxygen atoms in total. The van der Waals surface area contributed by atoms with Gasteiger partial charge in [0.05, 0.1) is 0 Å². The van der Waals surface area contributed by atoms with E-state index in [-0.39, 0.29) is 5.91 Å². The van der Waals surface area contributed by atoms with Crippen LogP contribution in [0.1, 0.15) is 59.3 Å². The number of primary amides is 1. The predicted molar refractivity (Wildman–Crippen MR) is 60.9 cm³/mol. The van der Waals surface area contributed by atoms with Crippen molar-refractivity contribution in [3.8, 4) is 0 Å². The first kappa shape index (κ1) is 13.5. The average Bonchev–Trinajstić information content (AvgIpc) is 1.92. The summed E-state index contributed by atoms with van der Waals surface area (Å²) < 4.78 is 0. The summed E-state index contributed by atoms with van der Waals surface area (Å²) >= 11 is 0. The van der Waals surface area contributed by atoms with Gasteiger partial charge in [0, 0.05) is 6.42 Å². The van der Waals surface area contributed by atoms with Crippen LogP contribution in [0.15, 0.2) is 0 Å². The highest BCUT2D eigenvalue weighted by Crippen LogP contribution is 2.30. The summed E-state index contributed by atoms with van der Waals surface area (Å²) in [5.41, 5.74) is 5.00. The van der Waals surface area contributed by atoms with Crippen LogP contribution in [0.5, 0.6) is 0 Å². The molecule has 2 heteroatoms. The van der Waals surface area contributed by atoms with Crippen LogP contribution in [-0.2, 0) is 4.79 Å². The van der Waals surface area contributed by atoms with Gasteiger partial charge < -0.3 is 5.73 Å². The molecule has 0 aliphatic heterocycles. The van der Waals surface area contributed by atoms with Crippen LogP contribution < -0.4 is 5.73 Å². The van der Waals surface area contributed by atoms with Crippen molar-refractivity contribution in [1.82, 2.24) is 0 Å². The molecule has 0 spiro atoms. The van der Waals surface area contributed by atoms with Crippen LogP contribution in [0.3, 0.4) is 0 Å². The van der Waals surface area contributed by atoms with Crippen molar-refractivity contribution in [3.63, 3.8) is 0 Å². The van der Waals surface area contributed by atoms with E-state index in [2.05, 4.69) is 20.8 Å². The van der Waals surface area contributed by atoms with Crippen LogP contribution in [-0.4, -0.2) is 5.91 Å². The molecule has 0 aromatic carbocycles. The third-order valence-electron chi connectivity index (χ3n) is 2.26. The van der Waals surface area contributed by atoms with Gasteiger partial charge >= 0.3 is 0 Å². The number of hydrogen-bond donors (Lipinski definition) is 1. The molecular weight excluding hydrogens is 174 g/mol. The van der Waals surface area contributed by atoms with Crippen molar-refractivity contribution in [3.05, 3.63) is 0 Å². The van der Waals surface area contributed by atoms with E-state index in [1.807, 2.05) is 0 Å². The van der Waals surface area contributed by atoms with Crippen LogP contribution in [0, 0.1) is 11.8 Å². The Morgan fingerprint density at radius 3 is 2.14 bits per heavy atom. The highest BCUT2D eigenvalue weighted by atomic mass is 16.1. The lowest BCUT2D eigenvalue weighted by molar-refractivity contribution is -0.118. The zero-order chi connectivity index (χ0) is 11.0. The lowest BCUT2D eigenvalue weighted by atomic mass is 9.82. The largest absolute Gasteiger partial charge is 0.370 e. The van der Waals surface area contributed by atoms with E-state index in [4.69, 9.17) is 5.73 Å². The average molecular weight is 199 g/mol. The SMILES string of the molecule is CC(C)C.NC(=O)CCCC1CCC1. The first-order valence-corrected chi connectivity index (χ1v) is 5.80. The molecule has 0 radical (unpaired) electrons. The van der Waals surface area contributed by atoms with E-state index < -0.39 is 0 Å². The number of hydrogen-bond acceptors (Lipinski definition) is 1. The summed E-state index contributed by atoms with van der Waals surface area (Å²) in [6.45, 7) is 6.50. The van der Waals surface area contributed by atoms with Gasteiger partial charge in [-0.1, -0.05) is 40.0 Å². The quantitative estimate of drug-likeness (QED) is 0.742. The van der Waals surface area contributed by atoms with Crippen LogP contribution in [0.4, 0.5) is 0 Å². The fraction of sp³-hybridized carbons (Fsp3) is 0.917. The van der Waals surface area contributed by atoms with Crippen molar-refractivity contribution >= 4 is 5.91 Å². The highest BCUT2D eigenvalue weighted by Gasteiger charge is 2.16. The number of amides is 1. The fourth-order valence-corrected chi connectivity index (χ4v) is 1.35. The summed E-state index contributed by atoms with van der Waals surface area (Å²) in [7, 11) is 0.